The number of aromatic nitrogens is 1. The van der Waals surface area contributed by atoms with Crippen LogP contribution in [-0.2, 0) is 11.2 Å². The molecule has 0 aliphatic heterocycles. The lowest BCUT2D eigenvalue weighted by Gasteiger charge is -2.12. The van der Waals surface area contributed by atoms with Gasteiger partial charge in [-0.05, 0) is 66.7 Å². The van der Waals surface area contributed by atoms with Gasteiger partial charge in [-0.2, -0.15) is 0 Å². The van der Waals surface area contributed by atoms with Crippen LogP contribution in [0.15, 0.2) is 71.1 Å². The summed E-state index contributed by atoms with van der Waals surface area (Å²) in [6.45, 7) is 1.95. The van der Waals surface area contributed by atoms with Crippen molar-refractivity contribution in [1.29, 1.82) is 0 Å². The van der Waals surface area contributed by atoms with E-state index >= 15 is 0 Å². The standard InChI is InChI=1S/C23H18ClN3O2S/c1-14-6-9-16(22-25-18-4-2-3-5-20(18)29-22)13-19(14)26-23(30)27-21(28)12-15-7-10-17(24)11-8-15/h2-11,13H,12H2,1H3,(H2,26,27,28,30). The first-order valence-corrected chi connectivity index (χ1v) is 10.1. The van der Waals surface area contributed by atoms with Gasteiger partial charge >= 0.3 is 0 Å². The Bertz CT molecular complexity index is 1200. The molecule has 150 valence electrons. The number of hydrogen-bond acceptors (Lipinski definition) is 4. The maximum Gasteiger partial charge on any atom is 0.230 e. The number of amides is 1. The van der Waals surface area contributed by atoms with E-state index in [0.29, 0.717) is 10.9 Å². The molecule has 1 aromatic heterocycles. The van der Waals surface area contributed by atoms with Crippen molar-refractivity contribution >= 4 is 51.6 Å². The summed E-state index contributed by atoms with van der Waals surface area (Å²) in [5.74, 6) is 0.319. The third-order valence-electron chi connectivity index (χ3n) is 4.56. The van der Waals surface area contributed by atoms with E-state index < -0.39 is 0 Å². The molecule has 0 atom stereocenters. The van der Waals surface area contributed by atoms with Crippen molar-refractivity contribution in [3.05, 3.63) is 82.9 Å². The minimum Gasteiger partial charge on any atom is -0.436 e. The lowest BCUT2D eigenvalue weighted by atomic mass is 10.1. The van der Waals surface area contributed by atoms with Crippen LogP contribution >= 0.6 is 23.8 Å². The van der Waals surface area contributed by atoms with E-state index in [1.54, 1.807) is 12.1 Å². The van der Waals surface area contributed by atoms with Crippen LogP contribution in [-0.4, -0.2) is 16.0 Å². The number of para-hydroxylation sites is 2. The Balaban J connectivity index is 1.45. The number of carbonyl (C=O) groups is 1. The molecule has 1 heterocycles. The summed E-state index contributed by atoms with van der Waals surface area (Å²) < 4.78 is 5.84. The van der Waals surface area contributed by atoms with E-state index in [1.807, 2.05) is 61.5 Å². The van der Waals surface area contributed by atoms with Gasteiger partial charge in [0.25, 0.3) is 0 Å². The van der Waals surface area contributed by atoms with Crippen LogP contribution in [0.4, 0.5) is 5.69 Å². The zero-order chi connectivity index (χ0) is 21.1. The molecular formula is C23H18ClN3O2S. The summed E-state index contributed by atoms with van der Waals surface area (Å²) in [7, 11) is 0. The normalized spacial score (nSPS) is 10.7. The molecule has 0 saturated carbocycles. The van der Waals surface area contributed by atoms with Gasteiger partial charge in [-0.25, -0.2) is 4.98 Å². The van der Waals surface area contributed by atoms with E-state index in [2.05, 4.69) is 15.6 Å². The topological polar surface area (TPSA) is 67.2 Å². The van der Waals surface area contributed by atoms with E-state index in [4.69, 9.17) is 28.2 Å². The predicted molar refractivity (Wildman–Crippen MR) is 124 cm³/mol. The molecule has 0 fully saturated rings. The van der Waals surface area contributed by atoms with Crippen molar-refractivity contribution in [3.63, 3.8) is 0 Å². The Morgan fingerprint density at radius 2 is 1.87 bits per heavy atom. The lowest BCUT2D eigenvalue weighted by Crippen LogP contribution is -2.35. The average molecular weight is 436 g/mol. The number of carbonyl (C=O) groups excluding carboxylic acids is 1. The van der Waals surface area contributed by atoms with Crippen molar-refractivity contribution in [2.24, 2.45) is 0 Å². The summed E-state index contributed by atoms with van der Waals surface area (Å²) in [5, 5.41) is 6.66. The summed E-state index contributed by atoms with van der Waals surface area (Å²) in [5.41, 5.74) is 4.94. The third-order valence-corrected chi connectivity index (χ3v) is 5.01. The largest absolute Gasteiger partial charge is 0.436 e. The van der Waals surface area contributed by atoms with Crippen LogP contribution in [0.5, 0.6) is 0 Å². The van der Waals surface area contributed by atoms with E-state index in [-0.39, 0.29) is 17.4 Å². The second kappa shape index (κ2) is 8.65. The molecule has 0 spiro atoms. The fourth-order valence-electron chi connectivity index (χ4n) is 3.00. The van der Waals surface area contributed by atoms with Crippen molar-refractivity contribution in [2.75, 3.05) is 5.32 Å². The van der Waals surface area contributed by atoms with E-state index in [9.17, 15) is 4.79 Å². The van der Waals surface area contributed by atoms with Crippen molar-refractivity contribution in [2.45, 2.75) is 13.3 Å². The molecule has 0 bridgehead atoms. The van der Waals surface area contributed by atoms with Crippen LogP contribution in [0.3, 0.4) is 0 Å². The molecule has 0 radical (unpaired) electrons. The summed E-state index contributed by atoms with van der Waals surface area (Å²) in [6, 6.07) is 20.5. The number of nitrogens with zero attached hydrogens (tertiary/aromatic N) is 1. The molecule has 0 unspecified atom stereocenters. The molecule has 7 heteroatoms. The minimum absolute atomic E-state index is 0.206. The molecule has 2 N–H and O–H groups in total. The number of oxazole rings is 1. The Morgan fingerprint density at radius 3 is 2.63 bits per heavy atom. The molecule has 5 nitrogen and oxygen atoms in total. The number of halogens is 1. The molecule has 1 amide bonds. The van der Waals surface area contributed by atoms with E-state index in [1.165, 1.54) is 0 Å². The highest BCUT2D eigenvalue weighted by Gasteiger charge is 2.12. The molecular weight excluding hydrogens is 418 g/mol. The minimum atomic E-state index is -0.206. The van der Waals surface area contributed by atoms with Gasteiger partial charge in [0, 0.05) is 16.3 Å². The fraction of sp³-hybridized carbons (Fsp3) is 0.0870. The number of nitrogens with one attached hydrogen (secondary N) is 2. The SMILES string of the molecule is Cc1ccc(-c2nc3ccccc3o2)cc1NC(=S)NC(=O)Cc1ccc(Cl)cc1. The highest BCUT2D eigenvalue weighted by Crippen LogP contribution is 2.27. The van der Waals surface area contributed by atoms with Gasteiger partial charge in [0.05, 0.1) is 6.42 Å². The van der Waals surface area contributed by atoms with Gasteiger partial charge < -0.3 is 15.1 Å². The highest BCUT2D eigenvalue weighted by atomic mass is 35.5. The van der Waals surface area contributed by atoms with Crippen LogP contribution in [0.1, 0.15) is 11.1 Å². The predicted octanol–water partition coefficient (Wildman–Crippen LogP) is 5.51. The van der Waals surface area contributed by atoms with Crippen LogP contribution in [0.25, 0.3) is 22.6 Å². The smallest absolute Gasteiger partial charge is 0.230 e. The number of rotatable bonds is 4. The summed E-state index contributed by atoms with van der Waals surface area (Å²) in [6.07, 6.45) is 0.209. The van der Waals surface area contributed by atoms with Gasteiger partial charge in [-0.1, -0.05) is 41.9 Å². The van der Waals surface area contributed by atoms with Crippen molar-refractivity contribution in [1.82, 2.24) is 10.3 Å². The maximum atomic E-state index is 12.3. The first-order valence-electron chi connectivity index (χ1n) is 9.30. The van der Waals surface area contributed by atoms with Gasteiger partial charge in [0.1, 0.15) is 5.52 Å². The van der Waals surface area contributed by atoms with E-state index in [0.717, 1.165) is 33.5 Å². The van der Waals surface area contributed by atoms with Gasteiger partial charge in [-0.15, -0.1) is 0 Å². The van der Waals surface area contributed by atoms with Crippen molar-refractivity contribution in [3.8, 4) is 11.5 Å². The Kier molecular flexibility index (Phi) is 5.79. The molecule has 0 saturated heterocycles. The summed E-state index contributed by atoms with van der Waals surface area (Å²) >= 11 is 11.2. The number of thiocarbonyl (C=S) groups is 1. The molecule has 4 aromatic rings. The second-order valence-corrected chi connectivity index (χ2v) is 7.67. The van der Waals surface area contributed by atoms with Crippen LogP contribution < -0.4 is 10.6 Å². The highest BCUT2D eigenvalue weighted by molar-refractivity contribution is 7.80. The van der Waals surface area contributed by atoms with Crippen molar-refractivity contribution < 1.29 is 9.21 Å². The quantitative estimate of drug-likeness (QED) is 0.413. The Labute approximate surface area is 184 Å². The molecule has 3 aromatic carbocycles. The molecule has 0 aliphatic carbocycles. The fourth-order valence-corrected chi connectivity index (χ4v) is 3.35. The number of benzene rings is 3. The van der Waals surface area contributed by atoms with Crippen LogP contribution in [0.2, 0.25) is 5.02 Å². The Morgan fingerprint density at radius 1 is 1.10 bits per heavy atom. The first-order chi connectivity index (χ1) is 14.5. The summed E-state index contributed by atoms with van der Waals surface area (Å²) in [4.78, 5) is 16.8. The number of hydrogen-bond donors (Lipinski definition) is 2. The number of fused-ring (bicyclic) bond motifs is 1. The van der Waals surface area contributed by atoms with Gasteiger partial charge in [0.15, 0.2) is 10.7 Å². The maximum absolute atomic E-state index is 12.3. The number of anilines is 1. The monoisotopic (exact) mass is 435 g/mol. The average Bonchev–Trinajstić information content (AvgIpc) is 3.15. The molecule has 4 rings (SSSR count). The molecule has 0 aliphatic rings. The zero-order valence-electron chi connectivity index (χ0n) is 16.1. The second-order valence-electron chi connectivity index (χ2n) is 6.82. The van der Waals surface area contributed by atoms with Gasteiger partial charge in [-0.3, -0.25) is 4.79 Å². The first kappa shape index (κ1) is 20.1. The number of aryl methyl sites for hydroxylation is 1. The van der Waals surface area contributed by atoms with Gasteiger partial charge in [0.2, 0.25) is 11.8 Å². The lowest BCUT2D eigenvalue weighted by molar-refractivity contribution is -0.119. The molecule has 30 heavy (non-hydrogen) atoms. The van der Waals surface area contributed by atoms with Crippen LogP contribution in [0, 0.1) is 6.92 Å². The Hall–Kier alpha value is -3.22. The third kappa shape index (κ3) is 4.67. The zero-order valence-corrected chi connectivity index (χ0v) is 17.7.